The molecule has 2 heteroatoms. The zero-order valence-corrected chi connectivity index (χ0v) is 27.3. The second kappa shape index (κ2) is 32.9. The molecule has 0 aliphatic heterocycles. The van der Waals surface area contributed by atoms with Crippen LogP contribution < -0.4 is 0 Å². The summed E-state index contributed by atoms with van der Waals surface area (Å²) in [6.45, 7) is 16.8. The molecule has 0 spiro atoms. The maximum atomic E-state index is 2.75. The first-order chi connectivity index (χ1) is 18.8. The Hall–Kier alpha value is -0.340. The fraction of sp³-hybridized carbons (Fsp3) is 0.944. The molecule has 0 bridgehead atoms. The Morgan fingerprint density at radius 2 is 0.500 bits per heavy atom. The smallest absolute Gasteiger partial charge is 0.0163 e. The van der Waals surface area contributed by atoms with Crippen molar-refractivity contribution in [3.05, 3.63) is 12.2 Å². The van der Waals surface area contributed by atoms with Crippen LogP contribution in [0.2, 0.25) is 0 Å². The van der Waals surface area contributed by atoms with Gasteiger partial charge in [-0.25, -0.2) is 0 Å². The van der Waals surface area contributed by atoms with Crippen LogP contribution in [-0.2, 0) is 0 Å². The second-order valence-corrected chi connectivity index (χ2v) is 12.1. The Morgan fingerprint density at radius 1 is 0.289 bits per heavy atom. The summed E-state index contributed by atoms with van der Waals surface area (Å²) in [5.74, 6) is 0. The Labute approximate surface area is 242 Å². The fourth-order valence-corrected chi connectivity index (χ4v) is 5.50. The second-order valence-electron chi connectivity index (χ2n) is 12.1. The summed E-state index contributed by atoms with van der Waals surface area (Å²) < 4.78 is 0. The van der Waals surface area contributed by atoms with Crippen LogP contribution in [0, 0.1) is 0 Å². The highest BCUT2D eigenvalue weighted by Crippen LogP contribution is 2.11. The summed E-state index contributed by atoms with van der Waals surface area (Å²) in [5.41, 5.74) is 0. The predicted octanol–water partition coefficient (Wildman–Crippen LogP) is 11.6. The van der Waals surface area contributed by atoms with Gasteiger partial charge in [-0.2, -0.15) is 0 Å². The summed E-state index contributed by atoms with van der Waals surface area (Å²) in [4.78, 5) is 5.50. The van der Waals surface area contributed by atoms with Crippen molar-refractivity contribution >= 4 is 0 Å². The molecule has 38 heavy (non-hydrogen) atoms. The molecule has 2 nitrogen and oxygen atoms in total. The number of rotatable bonds is 32. The van der Waals surface area contributed by atoms with Gasteiger partial charge in [0.25, 0.3) is 0 Å². The number of nitrogens with zero attached hydrogens (tertiary/aromatic N) is 2. The van der Waals surface area contributed by atoms with Crippen molar-refractivity contribution in [3.8, 4) is 0 Å². The highest BCUT2D eigenvalue weighted by atomic mass is 15.1. The molecule has 0 rings (SSSR count). The Balaban J connectivity index is 4.50. The predicted molar refractivity (Wildman–Crippen MR) is 176 cm³/mol. The first kappa shape index (κ1) is 37.7. The molecule has 0 aliphatic carbocycles. The van der Waals surface area contributed by atoms with Gasteiger partial charge in [-0.15, -0.1) is 0 Å². The third-order valence-electron chi connectivity index (χ3n) is 8.21. The lowest BCUT2D eigenvalue weighted by molar-refractivity contribution is 0.279. The highest BCUT2D eigenvalue weighted by molar-refractivity contribution is 4.88. The monoisotopic (exact) mass is 535 g/mol. The van der Waals surface area contributed by atoms with E-state index in [4.69, 9.17) is 0 Å². The minimum atomic E-state index is 1.16. The van der Waals surface area contributed by atoms with E-state index < -0.39 is 0 Å². The highest BCUT2D eigenvalue weighted by Gasteiger charge is 2.05. The lowest BCUT2D eigenvalue weighted by atomic mass is 10.1. The van der Waals surface area contributed by atoms with E-state index in [9.17, 15) is 0 Å². The van der Waals surface area contributed by atoms with Gasteiger partial charge < -0.3 is 0 Å². The number of unbranched alkanes of at least 4 members (excludes halogenated alkanes) is 20. The van der Waals surface area contributed by atoms with Crippen molar-refractivity contribution in [1.29, 1.82) is 0 Å². The third-order valence-corrected chi connectivity index (χ3v) is 8.21. The van der Waals surface area contributed by atoms with Crippen molar-refractivity contribution < 1.29 is 0 Å². The normalized spacial score (nSPS) is 12.1. The van der Waals surface area contributed by atoms with E-state index >= 15 is 0 Å². The largest absolute Gasteiger partial charge is 0.300 e. The van der Waals surface area contributed by atoms with E-state index in [0.717, 1.165) is 13.1 Å². The van der Waals surface area contributed by atoms with Gasteiger partial charge in [-0.05, 0) is 51.9 Å². The minimum Gasteiger partial charge on any atom is -0.300 e. The van der Waals surface area contributed by atoms with Crippen molar-refractivity contribution in [2.45, 2.75) is 182 Å². The molecule has 0 aromatic heterocycles. The topological polar surface area (TPSA) is 6.48 Å². The van der Waals surface area contributed by atoms with Crippen LogP contribution in [0.15, 0.2) is 12.2 Å². The quantitative estimate of drug-likeness (QED) is 0.0625. The average Bonchev–Trinajstić information content (AvgIpc) is 2.93. The van der Waals surface area contributed by atoms with E-state index in [1.54, 1.807) is 0 Å². The SMILES string of the molecule is CCCCCCCCN(C/C=C/CN(CCCCCCCC)CCCCCCCC)CCCCCCCC. The van der Waals surface area contributed by atoms with Gasteiger partial charge >= 0.3 is 0 Å². The van der Waals surface area contributed by atoms with Crippen LogP contribution in [0.5, 0.6) is 0 Å². The molecule has 0 aliphatic rings. The van der Waals surface area contributed by atoms with Crippen molar-refractivity contribution in [1.82, 2.24) is 9.80 Å². The Bertz CT molecular complexity index is 375. The molecule has 0 unspecified atom stereocenters. The van der Waals surface area contributed by atoms with Crippen molar-refractivity contribution in [3.63, 3.8) is 0 Å². The molecule has 228 valence electrons. The molecule has 0 amide bonds. The maximum Gasteiger partial charge on any atom is 0.0163 e. The van der Waals surface area contributed by atoms with Gasteiger partial charge in [-0.1, -0.05) is 168 Å². The van der Waals surface area contributed by atoms with E-state index in [1.807, 2.05) is 0 Å². The van der Waals surface area contributed by atoms with Crippen LogP contribution in [0.3, 0.4) is 0 Å². The molecule has 0 radical (unpaired) electrons. The zero-order valence-electron chi connectivity index (χ0n) is 27.3. The Kier molecular flexibility index (Phi) is 32.6. The van der Waals surface area contributed by atoms with Crippen LogP contribution >= 0.6 is 0 Å². The molecule has 0 heterocycles. The van der Waals surface area contributed by atoms with Gasteiger partial charge in [0.15, 0.2) is 0 Å². The van der Waals surface area contributed by atoms with Gasteiger partial charge in [-0.3, -0.25) is 9.80 Å². The van der Waals surface area contributed by atoms with Gasteiger partial charge in [0.2, 0.25) is 0 Å². The van der Waals surface area contributed by atoms with E-state index in [0.29, 0.717) is 0 Å². The minimum absolute atomic E-state index is 1.16. The van der Waals surface area contributed by atoms with Gasteiger partial charge in [0.1, 0.15) is 0 Å². The first-order valence-corrected chi connectivity index (χ1v) is 17.9. The van der Waals surface area contributed by atoms with E-state index in [2.05, 4.69) is 49.6 Å². The van der Waals surface area contributed by atoms with Gasteiger partial charge in [0.05, 0.1) is 0 Å². The van der Waals surface area contributed by atoms with Crippen LogP contribution in [-0.4, -0.2) is 49.1 Å². The van der Waals surface area contributed by atoms with Crippen molar-refractivity contribution in [2.24, 2.45) is 0 Å². The van der Waals surface area contributed by atoms with Gasteiger partial charge in [0, 0.05) is 13.1 Å². The zero-order chi connectivity index (χ0) is 27.8. The summed E-state index contributed by atoms with van der Waals surface area (Å²) in [6, 6.07) is 0. The molecule has 0 saturated heterocycles. The molecular formula is C36H74N2. The fourth-order valence-electron chi connectivity index (χ4n) is 5.50. The first-order valence-electron chi connectivity index (χ1n) is 17.9. The summed E-state index contributed by atoms with van der Waals surface area (Å²) in [7, 11) is 0. The van der Waals surface area contributed by atoms with Crippen LogP contribution in [0.1, 0.15) is 182 Å². The average molecular weight is 535 g/mol. The van der Waals surface area contributed by atoms with Crippen LogP contribution in [0.4, 0.5) is 0 Å². The molecule has 0 aromatic carbocycles. The third kappa shape index (κ3) is 28.7. The molecular weight excluding hydrogens is 460 g/mol. The number of hydrogen-bond donors (Lipinski definition) is 0. The van der Waals surface area contributed by atoms with Crippen molar-refractivity contribution in [2.75, 3.05) is 39.3 Å². The summed E-state index contributed by atoms with van der Waals surface area (Å²) in [5, 5.41) is 0. The Morgan fingerprint density at radius 3 is 0.737 bits per heavy atom. The lowest BCUT2D eigenvalue weighted by Gasteiger charge is -2.22. The molecule has 0 aromatic rings. The standard InChI is InChI=1S/C36H74N2/c1-5-9-13-17-21-25-31-37(32-26-22-18-14-10-6-2)35-29-30-36-38(33-27-23-19-15-11-7-3)34-28-24-20-16-12-8-4/h29-30H,5-28,31-36H2,1-4H3/b30-29+. The van der Waals surface area contributed by atoms with E-state index in [-0.39, 0.29) is 0 Å². The summed E-state index contributed by atoms with van der Waals surface area (Å²) in [6.07, 6.45) is 38.7. The summed E-state index contributed by atoms with van der Waals surface area (Å²) >= 11 is 0. The molecule has 0 N–H and O–H groups in total. The molecule has 0 saturated carbocycles. The molecule has 0 atom stereocenters. The van der Waals surface area contributed by atoms with E-state index in [1.165, 1.54) is 180 Å². The lowest BCUT2D eigenvalue weighted by Crippen LogP contribution is -2.28. The molecule has 0 fully saturated rings. The van der Waals surface area contributed by atoms with Crippen LogP contribution in [0.25, 0.3) is 0 Å². The maximum absolute atomic E-state index is 2.75. The number of hydrogen-bond acceptors (Lipinski definition) is 2.